The summed E-state index contributed by atoms with van der Waals surface area (Å²) in [7, 11) is 0. The largest absolute Gasteiger partial charge is 0.360 e. The van der Waals surface area contributed by atoms with E-state index in [1.165, 1.54) is 24.0 Å². The van der Waals surface area contributed by atoms with Crippen LogP contribution >= 0.6 is 39.0 Å². The van der Waals surface area contributed by atoms with E-state index < -0.39 is 0 Å². The van der Waals surface area contributed by atoms with Gasteiger partial charge in [-0.2, -0.15) is 11.8 Å². The van der Waals surface area contributed by atoms with E-state index in [0.29, 0.717) is 4.75 Å². The molecule has 96 valence electrons. The van der Waals surface area contributed by atoms with E-state index in [9.17, 15) is 0 Å². The Hall–Kier alpha value is -0.260. The molecule has 1 aliphatic carbocycles. The summed E-state index contributed by atoms with van der Waals surface area (Å²) < 4.78 is 2.79. The van der Waals surface area contributed by atoms with Crippen molar-refractivity contribution < 1.29 is 0 Å². The summed E-state index contributed by atoms with van der Waals surface area (Å²) in [6.07, 6.45) is 6.25. The van der Waals surface area contributed by atoms with Gasteiger partial charge in [-0.15, -0.1) is 0 Å². The van der Waals surface area contributed by atoms with Crippen molar-refractivity contribution in [3.05, 3.63) is 22.7 Å². The van der Waals surface area contributed by atoms with Gasteiger partial charge < -0.3 is 5.32 Å². The van der Waals surface area contributed by atoms with Crippen LogP contribution in [0.3, 0.4) is 0 Å². The first-order chi connectivity index (χ1) is 8.71. The SMILES string of the molecule is CSC1(CNc2nc3cc(Br)ccc3s2)CCC1. The van der Waals surface area contributed by atoms with Gasteiger partial charge in [0.15, 0.2) is 5.13 Å². The number of nitrogens with zero attached hydrogens (tertiary/aromatic N) is 1. The van der Waals surface area contributed by atoms with Crippen molar-refractivity contribution in [2.45, 2.75) is 24.0 Å². The minimum atomic E-state index is 0.457. The smallest absolute Gasteiger partial charge is 0.183 e. The molecule has 1 saturated carbocycles. The molecule has 0 unspecified atom stereocenters. The zero-order valence-electron chi connectivity index (χ0n) is 10.2. The Morgan fingerprint density at radius 2 is 2.33 bits per heavy atom. The van der Waals surface area contributed by atoms with E-state index in [1.807, 2.05) is 11.8 Å². The second-order valence-electron chi connectivity index (χ2n) is 4.73. The van der Waals surface area contributed by atoms with Crippen molar-refractivity contribution in [3.63, 3.8) is 0 Å². The molecule has 0 bridgehead atoms. The van der Waals surface area contributed by atoms with Gasteiger partial charge >= 0.3 is 0 Å². The monoisotopic (exact) mass is 342 g/mol. The molecule has 1 heterocycles. The topological polar surface area (TPSA) is 24.9 Å². The Bertz CT molecular complexity index is 558. The van der Waals surface area contributed by atoms with Crippen molar-refractivity contribution in [1.82, 2.24) is 4.98 Å². The van der Waals surface area contributed by atoms with Crippen molar-refractivity contribution in [3.8, 4) is 0 Å². The molecule has 0 saturated heterocycles. The molecular formula is C13H15BrN2S2. The molecule has 1 aromatic carbocycles. The van der Waals surface area contributed by atoms with E-state index >= 15 is 0 Å². The number of thiazole rings is 1. The zero-order valence-corrected chi connectivity index (χ0v) is 13.4. The van der Waals surface area contributed by atoms with Crippen molar-refractivity contribution in [2.75, 3.05) is 18.1 Å². The van der Waals surface area contributed by atoms with Crippen molar-refractivity contribution in [2.24, 2.45) is 0 Å². The quantitative estimate of drug-likeness (QED) is 0.867. The Labute approximate surface area is 124 Å². The number of anilines is 1. The fourth-order valence-corrected chi connectivity index (χ4v) is 4.34. The predicted octanol–water partition coefficient (Wildman–Crippen LogP) is 4.76. The van der Waals surface area contributed by atoms with Crippen LogP contribution in [0.15, 0.2) is 22.7 Å². The maximum atomic E-state index is 4.64. The third kappa shape index (κ3) is 2.40. The van der Waals surface area contributed by atoms with Gasteiger partial charge in [0.05, 0.1) is 10.2 Å². The average Bonchev–Trinajstić information content (AvgIpc) is 2.70. The fourth-order valence-electron chi connectivity index (χ4n) is 2.24. The van der Waals surface area contributed by atoms with Gasteiger partial charge in [0.2, 0.25) is 0 Å². The molecule has 18 heavy (non-hydrogen) atoms. The molecule has 0 radical (unpaired) electrons. The van der Waals surface area contributed by atoms with E-state index in [1.54, 1.807) is 11.3 Å². The molecular weight excluding hydrogens is 328 g/mol. The summed E-state index contributed by atoms with van der Waals surface area (Å²) >= 11 is 7.22. The molecule has 2 aromatic rings. The number of fused-ring (bicyclic) bond motifs is 1. The van der Waals surface area contributed by atoms with Gasteiger partial charge in [-0.1, -0.05) is 33.7 Å². The van der Waals surface area contributed by atoms with Gasteiger partial charge in [-0.05, 0) is 37.3 Å². The number of hydrogen-bond donors (Lipinski definition) is 1. The number of halogens is 1. The van der Waals surface area contributed by atoms with Crippen LogP contribution < -0.4 is 5.32 Å². The van der Waals surface area contributed by atoms with Crippen LogP contribution in [0.25, 0.3) is 10.2 Å². The maximum Gasteiger partial charge on any atom is 0.183 e. The standard InChI is InChI=1S/C13H15BrN2S2/c1-17-13(5-2-6-13)8-15-12-16-10-7-9(14)3-4-11(10)18-12/h3-4,7H,2,5-6,8H2,1H3,(H,15,16). The number of aromatic nitrogens is 1. The summed E-state index contributed by atoms with van der Waals surface area (Å²) in [6.45, 7) is 1.04. The first kappa shape index (κ1) is 12.8. The third-order valence-corrected chi connectivity index (χ3v) is 6.52. The Morgan fingerprint density at radius 3 is 3.00 bits per heavy atom. The summed E-state index contributed by atoms with van der Waals surface area (Å²) in [5.41, 5.74) is 1.07. The Morgan fingerprint density at radius 1 is 1.50 bits per heavy atom. The van der Waals surface area contributed by atoms with E-state index in [-0.39, 0.29) is 0 Å². The van der Waals surface area contributed by atoms with Gasteiger partial charge in [0.25, 0.3) is 0 Å². The molecule has 1 aliphatic rings. The van der Waals surface area contributed by atoms with Crippen LogP contribution in [0.2, 0.25) is 0 Å². The van der Waals surface area contributed by atoms with Gasteiger partial charge in [-0.25, -0.2) is 4.98 Å². The van der Waals surface area contributed by atoms with Gasteiger partial charge in [0.1, 0.15) is 0 Å². The van der Waals surface area contributed by atoms with Crippen LogP contribution in [0.1, 0.15) is 19.3 Å². The highest BCUT2D eigenvalue weighted by atomic mass is 79.9. The molecule has 2 nitrogen and oxygen atoms in total. The number of nitrogens with one attached hydrogen (secondary N) is 1. The van der Waals surface area contributed by atoms with Crippen LogP contribution in [-0.2, 0) is 0 Å². The minimum absolute atomic E-state index is 0.457. The lowest BCUT2D eigenvalue weighted by Gasteiger charge is -2.40. The normalized spacial score (nSPS) is 17.7. The van der Waals surface area contributed by atoms with Gasteiger partial charge in [0, 0.05) is 15.8 Å². The predicted molar refractivity (Wildman–Crippen MR) is 85.9 cm³/mol. The number of thioether (sulfide) groups is 1. The molecule has 0 spiro atoms. The van der Waals surface area contributed by atoms with Crippen LogP contribution in [0, 0.1) is 0 Å². The molecule has 0 atom stereocenters. The second kappa shape index (κ2) is 5.02. The minimum Gasteiger partial charge on any atom is -0.360 e. The highest BCUT2D eigenvalue weighted by Crippen LogP contribution is 2.43. The lowest BCUT2D eigenvalue weighted by Crippen LogP contribution is -2.40. The molecule has 5 heteroatoms. The van der Waals surface area contributed by atoms with Gasteiger partial charge in [-0.3, -0.25) is 0 Å². The molecule has 3 rings (SSSR count). The third-order valence-electron chi connectivity index (χ3n) is 3.61. The molecule has 0 amide bonds. The van der Waals surface area contributed by atoms with E-state index in [4.69, 9.17) is 0 Å². The molecule has 1 fully saturated rings. The molecule has 1 N–H and O–H groups in total. The summed E-state index contributed by atoms with van der Waals surface area (Å²) in [4.78, 5) is 4.64. The van der Waals surface area contributed by atoms with Crippen molar-refractivity contribution >= 4 is 54.4 Å². The lowest BCUT2D eigenvalue weighted by molar-refractivity contribution is 0.380. The molecule has 1 aromatic heterocycles. The summed E-state index contributed by atoms with van der Waals surface area (Å²) in [6, 6.07) is 6.26. The van der Waals surface area contributed by atoms with Crippen LogP contribution in [-0.4, -0.2) is 22.5 Å². The number of benzene rings is 1. The number of hydrogen-bond acceptors (Lipinski definition) is 4. The summed E-state index contributed by atoms with van der Waals surface area (Å²) in [5, 5.41) is 4.56. The first-order valence-electron chi connectivity index (χ1n) is 6.06. The highest BCUT2D eigenvalue weighted by molar-refractivity contribution is 9.10. The zero-order chi connectivity index (χ0) is 12.6. The summed E-state index contributed by atoms with van der Waals surface area (Å²) in [5.74, 6) is 0. The first-order valence-corrected chi connectivity index (χ1v) is 8.89. The van der Waals surface area contributed by atoms with E-state index in [0.717, 1.165) is 21.7 Å². The average molecular weight is 343 g/mol. The molecule has 0 aliphatic heterocycles. The Kier molecular flexibility index (Phi) is 3.56. The van der Waals surface area contributed by atoms with Crippen LogP contribution in [0.4, 0.5) is 5.13 Å². The number of rotatable bonds is 4. The van der Waals surface area contributed by atoms with E-state index in [2.05, 4.69) is 50.7 Å². The Balaban J connectivity index is 1.74. The fraction of sp³-hybridized carbons (Fsp3) is 0.462. The van der Waals surface area contributed by atoms with Crippen molar-refractivity contribution in [1.29, 1.82) is 0 Å². The second-order valence-corrected chi connectivity index (χ2v) is 7.95. The maximum absolute atomic E-state index is 4.64. The van der Waals surface area contributed by atoms with Crippen LogP contribution in [0.5, 0.6) is 0 Å². The highest BCUT2D eigenvalue weighted by Gasteiger charge is 2.35. The lowest BCUT2D eigenvalue weighted by atomic mass is 9.84.